The van der Waals surface area contributed by atoms with Crippen LogP contribution in [0.5, 0.6) is 5.75 Å². The molecule has 6 atom stereocenters. The van der Waals surface area contributed by atoms with Gasteiger partial charge in [-0.1, -0.05) is 32.0 Å². The summed E-state index contributed by atoms with van der Waals surface area (Å²) in [6.07, 6.45) is -10.9. The van der Waals surface area contributed by atoms with Gasteiger partial charge in [0, 0.05) is 37.7 Å². The van der Waals surface area contributed by atoms with Crippen molar-refractivity contribution in [1.29, 1.82) is 0 Å². The van der Waals surface area contributed by atoms with Crippen molar-refractivity contribution in [2.24, 2.45) is 28.5 Å². The molecule has 10 nitrogen and oxygen atoms in total. The van der Waals surface area contributed by atoms with Gasteiger partial charge in [0.2, 0.25) is 11.8 Å². The molecule has 1 saturated carbocycles. The molecule has 1 aromatic carbocycles. The molecule has 2 amide bonds. The second-order valence-corrected chi connectivity index (χ2v) is 11.6. The maximum absolute atomic E-state index is 13.5. The summed E-state index contributed by atoms with van der Waals surface area (Å²) in [6.45, 7) is 6.23. The largest absolute Gasteiger partial charge is 0.490 e. The van der Waals surface area contributed by atoms with E-state index in [1.165, 1.54) is 11.0 Å². The molecule has 2 aliphatic heterocycles. The Bertz CT molecular complexity index is 1260. The van der Waals surface area contributed by atoms with Gasteiger partial charge in [0.25, 0.3) is 0 Å². The highest BCUT2D eigenvalue weighted by atomic mass is 19.4. The molecule has 0 spiro atoms. The van der Waals surface area contributed by atoms with Crippen molar-refractivity contribution in [3.05, 3.63) is 29.8 Å². The SMILES string of the molecule is COCCC([C@@H]1C[C@H]1C(=O)N[C@H]1C[C@H](C(F)(F)F)Oc2ccccc21)N1C(=O)C[C@](C)(C(C)C)N=C1N.O=C(O)C(F)(F)F. The first-order chi connectivity index (χ1) is 20.3. The number of carbonyl (C=O) groups excluding carboxylic acids is 2. The molecule has 1 aromatic rings. The number of guanidine groups is 1. The average Bonchev–Trinajstić information content (AvgIpc) is 3.70. The van der Waals surface area contributed by atoms with Crippen molar-refractivity contribution in [3.63, 3.8) is 0 Å². The maximum atomic E-state index is 13.5. The Kier molecular flexibility index (Phi) is 10.5. The number of ether oxygens (including phenoxy) is 2. The number of halogens is 6. The second kappa shape index (κ2) is 13.2. The van der Waals surface area contributed by atoms with Crippen LogP contribution < -0.4 is 15.8 Å². The first kappa shape index (κ1) is 34.9. The number of nitrogens with zero attached hydrogens (tertiary/aromatic N) is 2. The molecular formula is C28H36F6N4O6. The number of nitrogens with one attached hydrogen (secondary N) is 1. The molecule has 1 aliphatic carbocycles. The van der Waals surface area contributed by atoms with Crippen LogP contribution in [0, 0.1) is 17.8 Å². The lowest BCUT2D eigenvalue weighted by Crippen LogP contribution is -2.57. The van der Waals surface area contributed by atoms with Gasteiger partial charge in [0.05, 0.1) is 18.0 Å². The number of aliphatic imine (C=N–C) groups is 1. The fourth-order valence-corrected chi connectivity index (χ4v) is 5.31. The van der Waals surface area contributed by atoms with Gasteiger partial charge < -0.3 is 25.6 Å². The molecule has 3 aliphatic rings. The highest BCUT2D eigenvalue weighted by Gasteiger charge is 2.53. The zero-order valence-corrected chi connectivity index (χ0v) is 24.5. The maximum Gasteiger partial charge on any atom is 0.490 e. The number of benzene rings is 1. The van der Waals surface area contributed by atoms with E-state index in [0.29, 0.717) is 25.0 Å². The summed E-state index contributed by atoms with van der Waals surface area (Å²) >= 11 is 0. The Morgan fingerprint density at radius 2 is 1.82 bits per heavy atom. The van der Waals surface area contributed by atoms with Gasteiger partial charge in [0.15, 0.2) is 12.1 Å². The van der Waals surface area contributed by atoms with Gasteiger partial charge in [-0.3, -0.25) is 14.5 Å². The summed E-state index contributed by atoms with van der Waals surface area (Å²) in [5, 5.41) is 9.94. The van der Waals surface area contributed by atoms with E-state index in [0.717, 1.165) is 0 Å². The smallest absolute Gasteiger partial charge is 0.480 e. The standard InChI is InChI=1S/C26H35F3N4O4.C2HF3O2/c1-14(2)25(3)13-22(34)33(24(30)32-25)19(9-10-36-4)16-11-17(16)23(35)31-18-12-21(26(27,28)29)37-20-8-6-5-7-15(18)20;3-2(4,5)1(6)7/h5-8,14,16-19,21H,9-13H2,1-4H3,(H2,30,32)(H,31,35);(H,6,7)/t16-,17-,18+,19?,21-,25-;/m1./s1. The molecule has 4 N–H and O–H groups in total. The highest BCUT2D eigenvalue weighted by Crippen LogP contribution is 2.47. The van der Waals surface area contributed by atoms with E-state index in [4.69, 9.17) is 25.1 Å². The molecule has 44 heavy (non-hydrogen) atoms. The monoisotopic (exact) mass is 638 g/mol. The van der Waals surface area contributed by atoms with Crippen LogP contribution in [0.15, 0.2) is 29.3 Å². The Hall–Kier alpha value is -3.56. The number of rotatable bonds is 8. The van der Waals surface area contributed by atoms with Gasteiger partial charge in [-0.2, -0.15) is 26.3 Å². The van der Waals surface area contributed by atoms with Crippen LogP contribution in [0.25, 0.3) is 0 Å². The summed E-state index contributed by atoms with van der Waals surface area (Å²) in [5.74, 6) is -3.56. The molecular weight excluding hydrogens is 602 g/mol. The number of amides is 2. The van der Waals surface area contributed by atoms with Gasteiger partial charge in [-0.05, 0) is 37.7 Å². The Morgan fingerprint density at radius 1 is 1.20 bits per heavy atom. The van der Waals surface area contributed by atoms with E-state index in [1.54, 1.807) is 25.3 Å². The quantitative estimate of drug-likeness (QED) is 0.363. The van der Waals surface area contributed by atoms with Crippen LogP contribution in [0.3, 0.4) is 0 Å². The van der Waals surface area contributed by atoms with Gasteiger partial charge in [-0.15, -0.1) is 0 Å². The van der Waals surface area contributed by atoms with Crippen LogP contribution >= 0.6 is 0 Å². The van der Waals surface area contributed by atoms with E-state index in [-0.39, 0.29) is 41.8 Å². The number of nitrogens with two attached hydrogens (primary N) is 1. The van der Waals surface area contributed by atoms with Crippen LogP contribution in [0.1, 0.15) is 58.1 Å². The zero-order valence-electron chi connectivity index (χ0n) is 24.5. The minimum Gasteiger partial charge on any atom is -0.480 e. The fourth-order valence-electron chi connectivity index (χ4n) is 5.31. The summed E-state index contributed by atoms with van der Waals surface area (Å²) < 4.78 is 82.6. The summed E-state index contributed by atoms with van der Waals surface area (Å²) in [5.41, 5.74) is 6.21. The van der Waals surface area contributed by atoms with Crippen LogP contribution in [0.2, 0.25) is 0 Å². The van der Waals surface area contributed by atoms with E-state index in [2.05, 4.69) is 10.3 Å². The van der Waals surface area contributed by atoms with Gasteiger partial charge >= 0.3 is 18.3 Å². The third-order valence-corrected chi connectivity index (χ3v) is 8.20. The number of alkyl halides is 6. The first-order valence-electron chi connectivity index (χ1n) is 13.9. The number of hydrogen-bond donors (Lipinski definition) is 3. The molecule has 0 aromatic heterocycles. The fraction of sp³-hybridized carbons (Fsp3) is 0.643. The number of carboxylic acid groups (broad SMARTS) is 1. The molecule has 16 heteroatoms. The second-order valence-electron chi connectivity index (χ2n) is 11.6. The molecule has 0 radical (unpaired) electrons. The Balaban J connectivity index is 0.000000676. The van der Waals surface area contributed by atoms with Gasteiger partial charge in [0.1, 0.15) is 5.75 Å². The van der Waals surface area contributed by atoms with Crippen molar-refractivity contribution in [1.82, 2.24) is 10.2 Å². The molecule has 1 fully saturated rings. The normalized spacial score (nSPS) is 27.3. The molecule has 1 unspecified atom stereocenters. The zero-order chi connectivity index (χ0) is 33.2. The van der Waals surface area contributed by atoms with Crippen LogP contribution in [0.4, 0.5) is 26.3 Å². The number of aliphatic carboxylic acids is 1. The van der Waals surface area contributed by atoms with Crippen molar-refractivity contribution in [3.8, 4) is 5.75 Å². The molecule has 0 bridgehead atoms. The highest BCUT2D eigenvalue weighted by molar-refractivity contribution is 5.99. The van der Waals surface area contributed by atoms with Crippen molar-refractivity contribution >= 4 is 23.7 Å². The van der Waals surface area contributed by atoms with E-state index >= 15 is 0 Å². The lowest BCUT2D eigenvalue weighted by Gasteiger charge is -2.41. The minimum absolute atomic E-state index is 0.108. The Morgan fingerprint density at radius 3 is 2.34 bits per heavy atom. The van der Waals surface area contributed by atoms with Crippen molar-refractivity contribution in [2.75, 3.05) is 13.7 Å². The van der Waals surface area contributed by atoms with Crippen LogP contribution in [-0.4, -0.2) is 77.5 Å². The van der Waals surface area contributed by atoms with Crippen molar-refractivity contribution < 1.29 is 55.3 Å². The summed E-state index contributed by atoms with van der Waals surface area (Å²) in [6, 6.07) is 5.20. The summed E-state index contributed by atoms with van der Waals surface area (Å²) in [4.78, 5) is 41.5. The average molecular weight is 639 g/mol. The predicted octanol–water partition coefficient (Wildman–Crippen LogP) is 4.19. The molecule has 246 valence electrons. The lowest BCUT2D eigenvalue weighted by atomic mass is 9.84. The topological polar surface area (TPSA) is 144 Å². The number of fused-ring (bicyclic) bond motifs is 1. The van der Waals surface area contributed by atoms with E-state index in [1.807, 2.05) is 20.8 Å². The third kappa shape index (κ3) is 8.12. The van der Waals surface area contributed by atoms with E-state index in [9.17, 15) is 35.9 Å². The first-order valence-corrected chi connectivity index (χ1v) is 13.9. The third-order valence-electron chi connectivity index (χ3n) is 8.20. The van der Waals surface area contributed by atoms with Crippen molar-refractivity contribution in [2.45, 2.75) is 82.5 Å². The van der Waals surface area contributed by atoms with Crippen LogP contribution in [-0.2, 0) is 19.1 Å². The molecule has 2 heterocycles. The van der Waals surface area contributed by atoms with E-state index < -0.39 is 54.4 Å². The van der Waals surface area contributed by atoms with Gasteiger partial charge in [-0.25, -0.2) is 9.79 Å². The lowest BCUT2D eigenvalue weighted by molar-refractivity contribution is -0.201. The molecule has 0 saturated heterocycles. The number of para-hydroxylation sites is 1. The number of carboxylic acids is 1. The molecule has 4 rings (SSSR count). The summed E-state index contributed by atoms with van der Waals surface area (Å²) in [7, 11) is 1.55. The predicted molar refractivity (Wildman–Crippen MR) is 144 cm³/mol. The number of hydrogen-bond acceptors (Lipinski definition) is 7. The number of carbonyl (C=O) groups is 3. The Labute approximate surface area is 249 Å². The minimum atomic E-state index is -5.08. The number of methoxy groups -OCH3 is 1.